The second-order valence-electron chi connectivity index (χ2n) is 3.17. The Kier molecular flexibility index (Phi) is 3.80. The number of rotatable bonds is 3. The Bertz CT molecular complexity index is 239. The molecule has 0 heterocycles. The number of alkyl halides is 1. The highest BCUT2D eigenvalue weighted by atomic mass is 79.9. The zero-order valence-electron chi connectivity index (χ0n) is 7.68. The zero-order valence-corrected chi connectivity index (χ0v) is 9.26. The van der Waals surface area contributed by atoms with E-state index in [4.69, 9.17) is 0 Å². The fourth-order valence-corrected chi connectivity index (χ4v) is 2.19. The van der Waals surface area contributed by atoms with Crippen LogP contribution in [0.2, 0.25) is 0 Å². The first-order valence-corrected chi connectivity index (χ1v) is 5.52. The van der Waals surface area contributed by atoms with Gasteiger partial charge in [0.2, 0.25) is 0 Å². The van der Waals surface area contributed by atoms with Crippen molar-refractivity contribution < 1.29 is 0 Å². The molecule has 0 aliphatic heterocycles. The highest BCUT2D eigenvalue weighted by molar-refractivity contribution is 9.09. The Labute approximate surface area is 83.1 Å². The zero-order chi connectivity index (χ0) is 8.97. The molecule has 0 spiro atoms. The van der Waals surface area contributed by atoms with Crippen molar-refractivity contribution in [2.75, 3.05) is 5.33 Å². The van der Waals surface area contributed by atoms with Crippen molar-refractivity contribution in [3.8, 4) is 0 Å². The maximum absolute atomic E-state index is 3.54. The summed E-state index contributed by atoms with van der Waals surface area (Å²) in [6.45, 7) is 4.37. The van der Waals surface area contributed by atoms with Gasteiger partial charge < -0.3 is 0 Å². The average molecular weight is 227 g/mol. The van der Waals surface area contributed by atoms with E-state index < -0.39 is 0 Å². The lowest BCUT2D eigenvalue weighted by atomic mass is 9.97. The highest BCUT2D eigenvalue weighted by Crippen LogP contribution is 2.21. The molecule has 1 aromatic rings. The lowest BCUT2D eigenvalue weighted by molar-refractivity contribution is 0.748. The molecule has 0 saturated carbocycles. The SMILES string of the molecule is CCC(CBr)c1cccc(C)c1. The van der Waals surface area contributed by atoms with Gasteiger partial charge in [-0.05, 0) is 24.8 Å². The number of halogens is 1. The molecular formula is C11H15Br. The minimum atomic E-state index is 0.671. The summed E-state index contributed by atoms with van der Waals surface area (Å²) in [6.07, 6.45) is 1.20. The molecule has 0 aliphatic carbocycles. The summed E-state index contributed by atoms with van der Waals surface area (Å²) in [4.78, 5) is 0. The van der Waals surface area contributed by atoms with Crippen LogP contribution < -0.4 is 0 Å². The maximum Gasteiger partial charge on any atom is 0.0100 e. The smallest absolute Gasteiger partial charge is 0.0100 e. The third-order valence-corrected chi connectivity index (χ3v) is 2.97. The molecule has 0 N–H and O–H groups in total. The van der Waals surface area contributed by atoms with E-state index in [0.717, 1.165) is 5.33 Å². The monoisotopic (exact) mass is 226 g/mol. The fraction of sp³-hybridized carbons (Fsp3) is 0.455. The second-order valence-corrected chi connectivity index (χ2v) is 3.82. The minimum absolute atomic E-state index is 0.671. The Balaban J connectivity index is 2.85. The summed E-state index contributed by atoms with van der Waals surface area (Å²) >= 11 is 3.54. The van der Waals surface area contributed by atoms with E-state index in [1.54, 1.807) is 0 Å². The minimum Gasteiger partial charge on any atom is -0.0921 e. The van der Waals surface area contributed by atoms with Gasteiger partial charge in [0.15, 0.2) is 0 Å². The van der Waals surface area contributed by atoms with Crippen molar-refractivity contribution in [3.05, 3.63) is 35.4 Å². The molecule has 0 saturated heterocycles. The predicted molar refractivity (Wildman–Crippen MR) is 58.0 cm³/mol. The molecule has 0 amide bonds. The molecule has 1 rings (SSSR count). The fourth-order valence-electron chi connectivity index (χ4n) is 1.36. The highest BCUT2D eigenvalue weighted by Gasteiger charge is 2.06. The molecule has 0 bridgehead atoms. The summed E-state index contributed by atoms with van der Waals surface area (Å²) in [7, 11) is 0. The van der Waals surface area contributed by atoms with Gasteiger partial charge in [0.1, 0.15) is 0 Å². The van der Waals surface area contributed by atoms with E-state index in [0.29, 0.717) is 5.92 Å². The first-order valence-electron chi connectivity index (χ1n) is 4.40. The molecule has 1 atom stereocenters. The van der Waals surface area contributed by atoms with Crippen molar-refractivity contribution in [1.82, 2.24) is 0 Å². The molecule has 0 fully saturated rings. The van der Waals surface area contributed by atoms with Gasteiger partial charge in [-0.25, -0.2) is 0 Å². The Hall–Kier alpha value is -0.300. The Morgan fingerprint density at radius 3 is 2.67 bits per heavy atom. The van der Waals surface area contributed by atoms with Crippen LogP contribution >= 0.6 is 15.9 Å². The molecule has 1 unspecified atom stereocenters. The second kappa shape index (κ2) is 4.66. The predicted octanol–water partition coefficient (Wildman–Crippen LogP) is 3.88. The van der Waals surface area contributed by atoms with Gasteiger partial charge in [-0.1, -0.05) is 52.7 Å². The lowest BCUT2D eigenvalue weighted by Crippen LogP contribution is -1.98. The third-order valence-electron chi connectivity index (χ3n) is 2.19. The van der Waals surface area contributed by atoms with Gasteiger partial charge in [0.05, 0.1) is 0 Å². The van der Waals surface area contributed by atoms with E-state index >= 15 is 0 Å². The largest absolute Gasteiger partial charge is 0.0921 e. The Morgan fingerprint density at radius 1 is 1.42 bits per heavy atom. The molecule has 66 valence electrons. The van der Waals surface area contributed by atoms with Crippen LogP contribution in [-0.4, -0.2) is 5.33 Å². The van der Waals surface area contributed by atoms with E-state index in [2.05, 4.69) is 54.0 Å². The van der Waals surface area contributed by atoms with E-state index in [1.807, 2.05) is 0 Å². The van der Waals surface area contributed by atoms with Crippen molar-refractivity contribution >= 4 is 15.9 Å². The van der Waals surface area contributed by atoms with Gasteiger partial charge in [-0.15, -0.1) is 0 Å². The average Bonchev–Trinajstić information content (AvgIpc) is 2.07. The van der Waals surface area contributed by atoms with Crippen molar-refractivity contribution in [3.63, 3.8) is 0 Å². The summed E-state index contributed by atoms with van der Waals surface area (Å²) in [5, 5.41) is 1.06. The number of benzene rings is 1. The van der Waals surface area contributed by atoms with Crippen LogP contribution in [0.5, 0.6) is 0 Å². The normalized spacial score (nSPS) is 12.9. The standard InChI is InChI=1S/C11H15Br/c1-3-10(8-12)11-6-4-5-9(2)7-11/h4-7,10H,3,8H2,1-2H3. The van der Waals surface area contributed by atoms with Crippen molar-refractivity contribution in [2.45, 2.75) is 26.2 Å². The first-order chi connectivity index (χ1) is 5.77. The Morgan fingerprint density at radius 2 is 2.17 bits per heavy atom. The van der Waals surface area contributed by atoms with E-state index in [1.165, 1.54) is 17.5 Å². The van der Waals surface area contributed by atoms with Crippen LogP contribution in [-0.2, 0) is 0 Å². The van der Waals surface area contributed by atoms with E-state index in [9.17, 15) is 0 Å². The number of hydrogen-bond acceptors (Lipinski definition) is 0. The molecular weight excluding hydrogens is 212 g/mol. The van der Waals surface area contributed by atoms with Gasteiger partial charge in [0.25, 0.3) is 0 Å². The van der Waals surface area contributed by atoms with Crippen molar-refractivity contribution in [1.29, 1.82) is 0 Å². The van der Waals surface area contributed by atoms with Crippen LogP contribution in [0, 0.1) is 6.92 Å². The van der Waals surface area contributed by atoms with Crippen LogP contribution in [0.25, 0.3) is 0 Å². The molecule has 0 radical (unpaired) electrons. The first kappa shape index (κ1) is 9.79. The lowest BCUT2D eigenvalue weighted by Gasteiger charge is -2.11. The molecule has 1 aromatic carbocycles. The van der Waals surface area contributed by atoms with Gasteiger partial charge in [-0.3, -0.25) is 0 Å². The van der Waals surface area contributed by atoms with Gasteiger partial charge in [-0.2, -0.15) is 0 Å². The molecule has 0 aromatic heterocycles. The summed E-state index contributed by atoms with van der Waals surface area (Å²) < 4.78 is 0. The van der Waals surface area contributed by atoms with Crippen LogP contribution in [0.15, 0.2) is 24.3 Å². The van der Waals surface area contributed by atoms with Crippen LogP contribution in [0.4, 0.5) is 0 Å². The maximum atomic E-state index is 3.54. The van der Waals surface area contributed by atoms with E-state index in [-0.39, 0.29) is 0 Å². The molecule has 12 heavy (non-hydrogen) atoms. The third kappa shape index (κ3) is 2.34. The topological polar surface area (TPSA) is 0 Å². The quantitative estimate of drug-likeness (QED) is 0.687. The van der Waals surface area contributed by atoms with Crippen molar-refractivity contribution in [2.24, 2.45) is 0 Å². The summed E-state index contributed by atoms with van der Waals surface area (Å²) in [5.74, 6) is 0.671. The summed E-state index contributed by atoms with van der Waals surface area (Å²) in [6, 6.07) is 8.76. The number of aryl methyl sites for hydroxylation is 1. The van der Waals surface area contributed by atoms with Gasteiger partial charge in [0, 0.05) is 5.33 Å². The van der Waals surface area contributed by atoms with Gasteiger partial charge >= 0.3 is 0 Å². The summed E-state index contributed by atoms with van der Waals surface area (Å²) in [5.41, 5.74) is 2.81. The van der Waals surface area contributed by atoms with Crippen LogP contribution in [0.3, 0.4) is 0 Å². The molecule has 0 aliphatic rings. The van der Waals surface area contributed by atoms with Crippen LogP contribution in [0.1, 0.15) is 30.4 Å². The molecule has 0 nitrogen and oxygen atoms in total. The molecule has 1 heteroatoms. The number of hydrogen-bond donors (Lipinski definition) is 0.